The van der Waals surface area contributed by atoms with Crippen molar-refractivity contribution in [2.24, 2.45) is 0 Å². The lowest BCUT2D eigenvalue weighted by Gasteiger charge is -2.29. The fourth-order valence-electron chi connectivity index (χ4n) is 1.20. The van der Waals surface area contributed by atoms with Gasteiger partial charge in [-0.05, 0) is 42.6 Å². The van der Waals surface area contributed by atoms with Gasteiger partial charge in [-0.15, -0.1) is 12.4 Å². The lowest BCUT2D eigenvalue weighted by molar-refractivity contribution is 0.328. The fourth-order valence-corrected chi connectivity index (χ4v) is 2.41. The number of rotatable bonds is 5. The van der Waals surface area contributed by atoms with Crippen molar-refractivity contribution < 1.29 is 0 Å². The summed E-state index contributed by atoms with van der Waals surface area (Å²) >= 11 is 0. The van der Waals surface area contributed by atoms with Gasteiger partial charge in [0.1, 0.15) is 0 Å². The van der Waals surface area contributed by atoms with Gasteiger partial charge in [-0.3, -0.25) is 4.67 Å². The zero-order chi connectivity index (χ0) is 9.56. The predicted octanol–water partition coefficient (Wildman–Crippen LogP) is 3.03. The largest absolute Gasteiger partial charge is 0.280 e. The Morgan fingerprint density at radius 2 is 1.69 bits per heavy atom. The van der Waals surface area contributed by atoms with Crippen LogP contribution in [0.1, 0.15) is 34.1 Å². The molecule has 0 saturated carbocycles. The van der Waals surface area contributed by atoms with Crippen LogP contribution >= 0.6 is 21.1 Å². The van der Waals surface area contributed by atoms with Crippen LogP contribution in [0.3, 0.4) is 0 Å². The van der Waals surface area contributed by atoms with Crippen LogP contribution < -0.4 is 0 Å². The number of nitrogens with zero attached hydrogens (tertiary/aromatic N) is 2. The van der Waals surface area contributed by atoms with E-state index in [9.17, 15) is 0 Å². The molecule has 0 amide bonds. The van der Waals surface area contributed by atoms with E-state index >= 15 is 0 Å². The van der Waals surface area contributed by atoms with Crippen LogP contribution in [0.15, 0.2) is 0 Å². The van der Waals surface area contributed by atoms with Gasteiger partial charge in [-0.2, -0.15) is 5.26 Å². The lowest BCUT2D eigenvalue weighted by Crippen LogP contribution is -2.29. The van der Waals surface area contributed by atoms with E-state index in [2.05, 4.69) is 38.4 Å². The molecule has 1 atom stereocenters. The van der Waals surface area contributed by atoms with Crippen molar-refractivity contribution >= 4 is 21.1 Å². The van der Waals surface area contributed by atoms with E-state index in [1.165, 1.54) is 0 Å². The number of hydrogen-bond donors (Lipinski definition) is 0. The molecular weight excluding hydrogens is 203 g/mol. The fraction of sp³-hybridized carbons (Fsp3) is 0.889. The Morgan fingerprint density at radius 1 is 1.23 bits per heavy atom. The molecule has 0 radical (unpaired) electrons. The van der Waals surface area contributed by atoms with Gasteiger partial charge in [0.25, 0.3) is 0 Å². The standard InChI is InChI=1S/C9H19N2P.ClH/c1-8(2)11(9(3)4)12-7-5-6-10;/h8-9,12H,5,7H2,1-4H3;1H. The molecule has 0 aromatic rings. The second-order valence-electron chi connectivity index (χ2n) is 3.41. The maximum atomic E-state index is 8.39. The molecule has 0 aliphatic carbocycles. The van der Waals surface area contributed by atoms with Crippen LogP contribution in [0, 0.1) is 11.3 Å². The maximum Gasteiger partial charge on any atom is 0.0625 e. The van der Waals surface area contributed by atoms with E-state index in [1.807, 2.05) is 0 Å². The third kappa shape index (κ3) is 7.26. The first kappa shape index (κ1) is 15.6. The van der Waals surface area contributed by atoms with Crippen LogP contribution in [0.2, 0.25) is 0 Å². The zero-order valence-electron chi connectivity index (χ0n) is 8.87. The van der Waals surface area contributed by atoms with E-state index in [-0.39, 0.29) is 12.4 Å². The smallest absolute Gasteiger partial charge is 0.0625 e. The van der Waals surface area contributed by atoms with Crippen molar-refractivity contribution in [2.45, 2.75) is 46.2 Å². The SMILES string of the molecule is CC(C)N(PCCC#N)C(C)C.Cl. The normalized spacial score (nSPS) is 11.2. The van der Waals surface area contributed by atoms with Gasteiger partial charge in [0.2, 0.25) is 0 Å². The molecule has 0 aliphatic heterocycles. The van der Waals surface area contributed by atoms with Crippen molar-refractivity contribution in [3.63, 3.8) is 0 Å². The quantitative estimate of drug-likeness (QED) is 0.528. The van der Waals surface area contributed by atoms with Crippen molar-refractivity contribution in [2.75, 3.05) is 6.16 Å². The second kappa shape index (κ2) is 8.75. The van der Waals surface area contributed by atoms with Crippen molar-refractivity contribution in [3.05, 3.63) is 0 Å². The average Bonchev–Trinajstić information content (AvgIpc) is 1.96. The summed E-state index contributed by atoms with van der Waals surface area (Å²) in [5.41, 5.74) is 0. The van der Waals surface area contributed by atoms with Crippen molar-refractivity contribution in [3.8, 4) is 6.07 Å². The first-order valence-corrected chi connectivity index (χ1v) is 5.63. The summed E-state index contributed by atoms with van der Waals surface area (Å²) < 4.78 is 2.44. The van der Waals surface area contributed by atoms with Gasteiger partial charge in [0.05, 0.1) is 6.07 Å². The molecule has 4 heteroatoms. The lowest BCUT2D eigenvalue weighted by atomic mass is 10.3. The maximum absolute atomic E-state index is 8.39. The third-order valence-corrected chi connectivity index (χ3v) is 3.52. The first-order valence-electron chi connectivity index (χ1n) is 4.48. The van der Waals surface area contributed by atoms with Gasteiger partial charge in [0.15, 0.2) is 0 Å². The summed E-state index contributed by atoms with van der Waals surface area (Å²) in [7, 11) is 0.802. The van der Waals surface area contributed by atoms with Crippen LogP contribution in [0.4, 0.5) is 0 Å². The monoisotopic (exact) mass is 222 g/mol. The highest BCUT2D eigenvalue weighted by molar-refractivity contribution is 7.35. The molecule has 0 saturated heterocycles. The van der Waals surface area contributed by atoms with Crippen molar-refractivity contribution in [1.82, 2.24) is 4.67 Å². The topological polar surface area (TPSA) is 27.0 Å². The zero-order valence-corrected chi connectivity index (χ0v) is 10.7. The Labute approximate surface area is 89.9 Å². The highest BCUT2D eigenvalue weighted by Gasteiger charge is 2.11. The molecular formula is C9H20ClN2P. The summed E-state index contributed by atoms with van der Waals surface area (Å²) in [5.74, 6) is 0. The minimum absolute atomic E-state index is 0. The van der Waals surface area contributed by atoms with E-state index in [1.54, 1.807) is 0 Å². The molecule has 0 aliphatic rings. The van der Waals surface area contributed by atoms with Gasteiger partial charge < -0.3 is 0 Å². The summed E-state index contributed by atoms with van der Waals surface area (Å²) in [6.07, 6.45) is 1.71. The molecule has 13 heavy (non-hydrogen) atoms. The molecule has 2 nitrogen and oxygen atoms in total. The summed E-state index contributed by atoms with van der Waals surface area (Å²) in [4.78, 5) is 0. The van der Waals surface area contributed by atoms with Crippen LogP contribution in [-0.4, -0.2) is 22.9 Å². The molecule has 0 aromatic heterocycles. The van der Waals surface area contributed by atoms with Gasteiger partial charge >= 0.3 is 0 Å². The van der Waals surface area contributed by atoms with Crippen molar-refractivity contribution in [1.29, 1.82) is 5.26 Å². The van der Waals surface area contributed by atoms with Crippen LogP contribution in [0.25, 0.3) is 0 Å². The molecule has 0 heterocycles. The molecule has 0 fully saturated rings. The molecule has 0 aromatic carbocycles. The summed E-state index contributed by atoms with van der Waals surface area (Å²) in [5, 5.41) is 8.39. The van der Waals surface area contributed by atoms with E-state index < -0.39 is 0 Å². The van der Waals surface area contributed by atoms with Crippen LogP contribution in [0.5, 0.6) is 0 Å². The second-order valence-corrected chi connectivity index (χ2v) is 4.74. The molecule has 1 unspecified atom stereocenters. The van der Waals surface area contributed by atoms with Gasteiger partial charge in [-0.25, -0.2) is 0 Å². The first-order chi connectivity index (χ1) is 5.59. The molecule has 0 rings (SSSR count). The van der Waals surface area contributed by atoms with E-state index in [0.29, 0.717) is 18.5 Å². The highest BCUT2D eigenvalue weighted by Crippen LogP contribution is 2.24. The average molecular weight is 223 g/mol. The number of hydrogen-bond acceptors (Lipinski definition) is 2. The van der Waals surface area contributed by atoms with Gasteiger partial charge in [0, 0.05) is 18.5 Å². The Morgan fingerprint density at radius 3 is 2.00 bits per heavy atom. The predicted molar refractivity (Wildman–Crippen MR) is 62.8 cm³/mol. The minimum atomic E-state index is 0. The summed E-state index contributed by atoms with van der Waals surface area (Å²) in [6, 6.07) is 3.38. The third-order valence-electron chi connectivity index (χ3n) is 1.64. The van der Waals surface area contributed by atoms with E-state index in [4.69, 9.17) is 5.26 Å². The van der Waals surface area contributed by atoms with E-state index in [0.717, 1.165) is 14.9 Å². The number of halogens is 1. The summed E-state index contributed by atoms with van der Waals surface area (Å²) in [6.45, 7) is 8.83. The Bertz CT molecular complexity index is 146. The molecule has 0 N–H and O–H groups in total. The molecule has 0 spiro atoms. The Kier molecular flexibility index (Phi) is 10.5. The Hall–Kier alpha value is 0.170. The molecule has 0 bridgehead atoms. The van der Waals surface area contributed by atoms with Gasteiger partial charge in [-0.1, -0.05) is 0 Å². The number of nitriles is 1. The minimum Gasteiger partial charge on any atom is -0.280 e. The Balaban J connectivity index is 0. The molecule has 78 valence electrons. The highest BCUT2D eigenvalue weighted by atomic mass is 35.5. The van der Waals surface area contributed by atoms with Crippen LogP contribution in [-0.2, 0) is 0 Å².